The molecule has 6 N–H and O–H groups in total. The van der Waals surface area contributed by atoms with Gasteiger partial charge in [0.05, 0.1) is 22.9 Å². The van der Waals surface area contributed by atoms with Gasteiger partial charge >= 0.3 is 5.97 Å². The minimum absolute atomic E-state index is 0.0693. The number of ether oxygens (including phenoxy) is 1. The molecule has 0 bridgehead atoms. The van der Waals surface area contributed by atoms with Crippen molar-refractivity contribution in [1.29, 1.82) is 0 Å². The molecule has 0 aliphatic carbocycles. The molecule has 0 amide bonds. The Hall–Kier alpha value is -4.69. The summed E-state index contributed by atoms with van der Waals surface area (Å²) >= 11 is 0. The molecule has 0 fully saturated rings. The van der Waals surface area contributed by atoms with E-state index in [2.05, 4.69) is 20.1 Å². The Morgan fingerprint density at radius 3 is 2.05 bits per heavy atom. The van der Waals surface area contributed by atoms with Gasteiger partial charge in [-0.05, 0) is 77.8 Å². The van der Waals surface area contributed by atoms with Gasteiger partial charge in [0, 0.05) is 26.2 Å². The SMILES string of the molecule is CN(C)c1ccc(N=Nc2ccc(S(=O)(=O)NC(Cc3ccc(OCCCON=C(N)N)cc3)C(=O)O)cc2)cc1. The van der Waals surface area contributed by atoms with Gasteiger partial charge in [-0.15, -0.1) is 0 Å². The molecule has 0 aliphatic heterocycles. The first-order chi connectivity index (χ1) is 19.5. The minimum atomic E-state index is -4.12. The Morgan fingerprint density at radius 1 is 0.927 bits per heavy atom. The standard InChI is InChI=1S/C27H33N7O6S/c1-34(2)22-10-6-20(7-11-22)30-31-21-8-14-24(15-9-21)41(37,38)33-25(26(35)36)18-19-4-12-23(13-5-19)39-16-3-17-40-32-27(28)29/h4-15,25,33H,3,16-18H2,1-2H3,(H,35,36)(H4,28,29,32). The number of oxime groups is 1. The van der Waals surface area contributed by atoms with Crippen LogP contribution in [0.5, 0.6) is 5.75 Å². The van der Waals surface area contributed by atoms with Gasteiger partial charge in [-0.2, -0.15) is 15.0 Å². The summed E-state index contributed by atoms with van der Waals surface area (Å²) < 4.78 is 33.7. The van der Waals surface area contributed by atoms with E-state index in [0.29, 0.717) is 35.7 Å². The molecule has 1 unspecified atom stereocenters. The van der Waals surface area contributed by atoms with Gasteiger partial charge in [0.2, 0.25) is 16.0 Å². The monoisotopic (exact) mass is 583 g/mol. The lowest BCUT2D eigenvalue weighted by atomic mass is 10.1. The third kappa shape index (κ3) is 10.1. The van der Waals surface area contributed by atoms with Crippen LogP contribution in [0.2, 0.25) is 0 Å². The number of benzene rings is 3. The molecule has 0 saturated carbocycles. The molecular weight excluding hydrogens is 550 g/mol. The number of carboxylic acids is 1. The molecule has 218 valence electrons. The van der Waals surface area contributed by atoms with E-state index >= 15 is 0 Å². The predicted molar refractivity (Wildman–Crippen MR) is 155 cm³/mol. The molecule has 0 aliphatic rings. The van der Waals surface area contributed by atoms with Crippen molar-refractivity contribution in [2.45, 2.75) is 23.8 Å². The number of aliphatic carboxylic acids is 1. The second-order valence-electron chi connectivity index (χ2n) is 9.02. The molecule has 0 spiro atoms. The second kappa shape index (κ2) is 14.6. The smallest absolute Gasteiger partial charge is 0.322 e. The number of hydrogen-bond acceptors (Lipinski definition) is 9. The molecule has 0 radical (unpaired) electrons. The fourth-order valence-corrected chi connectivity index (χ4v) is 4.64. The summed E-state index contributed by atoms with van der Waals surface area (Å²) in [7, 11) is -0.249. The van der Waals surface area contributed by atoms with Crippen molar-refractivity contribution in [3.05, 3.63) is 78.4 Å². The van der Waals surface area contributed by atoms with Gasteiger partial charge in [0.25, 0.3) is 0 Å². The minimum Gasteiger partial charge on any atom is -0.493 e. The van der Waals surface area contributed by atoms with E-state index in [0.717, 1.165) is 5.69 Å². The number of rotatable bonds is 15. The molecule has 14 heteroatoms. The number of guanidine groups is 1. The molecule has 0 aromatic heterocycles. The first kappa shape index (κ1) is 30.8. The predicted octanol–water partition coefficient (Wildman–Crippen LogP) is 3.12. The van der Waals surface area contributed by atoms with Crippen LogP contribution in [0.15, 0.2) is 93.1 Å². The average molecular weight is 584 g/mol. The highest BCUT2D eigenvalue weighted by Gasteiger charge is 2.25. The number of nitrogens with one attached hydrogen (secondary N) is 1. The highest BCUT2D eigenvalue weighted by molar-refractivity contribution is 7.89. The maximum atomic E-state index is 12.9. The van der Waals surface area contributed by atoms with Crippen LogP contribution in [0.25, 0.3) is 0 Å². The third-order valence-corrected chi connectivity index (χ3v) is 7.06. The van der Waals surface area contributed by atoms with E-state index in [4.69, 9.17) is 21.0 Å². The van der Waals surface area contributed by atoms with E-state index in [-0.39, 0.29) is 23.9 Å². The lowest BCUT2D eigenvalue weighted by Gasteiger charge is -2.15. The zero-order valence-electron chi connectivity index (χ0n) is 22.7. The maximum Gasteiger partial charge on any atom is 0.322 e. The third-order valence-electron chi connectivity index (χ3n) is 5.57. The molecule has 3 rings (SSSR count). The highest BCUT2D eigenvalue weighted by Crippen LogP contribution is 2.23. The van der Waals surface area contributed by atoms with Crippen molar-refractivity contribution in [3.63, 3.8) is 0 Å². The van der Waals surface area contributed by atoms with E-state index in [1.54, 1.807) is 24.3 Å². The summed E-state index contributed by atoms with van der Waals surface area (Å²) in [5.41, 5.74) is 13.0. The summed E-state index contributed by atoms with van der Waals surface area (Å²) in [6, 6.07) is 18.4. The van der Waals surface area contributed by atoms with E-state index in [1.165, 1.54) is 24.3 Å². The summed E-state index contributed by atoms with van der Waals surface area (Å²) in [5.74, 6) is -0.909. The normalized spacial score (nSPS) is 12.0. The molecule has 3 aromatic carbocycles. The van der Waals surface area contributed by atoms with Crippen LogP contribution in [0.4, 0.5) is 17.1 Å². The number of azo groups is 1. The van der Waals surface area contributed by atoms with Crippen LogP contribution >= 0.6 is 0 Å². The van der Waals surface area contributed by atoms with Crippen molar-refractivity contribution in [1.82, 2.24) is 4.72 Å². The van der Waals surface area contributed by atoms with Crippen LogP contribution in [0, 0.1) is 0 Å². The van der Waals surface area contributed by atoms with Crippen molar-refractivity contribution in [2.75, 3.05) is 32.2 Å². The fraction of sp³-hybridized carbons (Fsp3) is 0.259. The Labute approximate surface area is 238 Å². The number of nitrogens with two attached hydrogens (primary N) is 2. The first-order valence-corrected chi connectivity index (χ1v) is 14.0. The van der Waals surface area contributed by atoms with Gasteiger partial charge in [-0.1, -0.05) is 12.1 Å². The number of carboxylic acid groups (broad SMARTS) is 1. The molecule has 0 saturated heterocycles. The first-order valence-electron chi connectivity index (χ1n) is 12.5. The molecule has 0 heterocycles. The van der Waals surface area contributed by atoms with Crippen molar-refractivity contribution >= 4 is 39.0 Å². The van der Waals surface area contributed by atoms with Crippen molar-refractivity contribution in [3.8, 4) is 5.75 Å². The van der Waals surface area contributed by atoms with Crippen molar-refractivity contribution in [2.24, 2.45) is 26.9 Å². The molecule has 1 atom stereocenters. The van der Waals surface area contributed by atoms with E-state index in [1.807, 2.05) is 43.3 Å². The number of carbonyl (C=O) groups is 1. The Kier molecular flexibility index (Phi) is 11.0. The molecule has 13 nitrogen and oxygen atoms in total. The zero-order valence-corrected chi connectivity index (χ0v) is 23.5. The van der Waals surface area contributed by atoms with Crippen LogP contribution in [0.3, 0.4) is 0 Å². The molecular formula is C27H33N7O6S. The number of hydrogen-bond donors (Lipinski definition) is 4. The summed E-state index contributed by atoms with van der Waals surface area (Å²) in [6.07, 6.45) is 0.468. The van der Waals surface area contributed by atoms with Gasteiger partial charge in [-0.3, -0.25) is 4.79 Å². The summed E-state index contributed by atoms with van der Waals surface area (Å²) in [4.78, 5) is 18.6. The van der Waals surface area contributed by atoms with E-state index < -0.39 is 22.0 Å². The topological polar surface area (TPSA) is 194 Å². The second-order valence-corrected chi connectivity index (χ2v) is 10.7. The molecule has 41 heavy (non-hydrogen) atoms. The number of anilines is 1. The highest BCUT2D eigenvalue weighted by atomic mass is 32.2. The van der Waals surface area contributed by atoms with Gasteiger partial charge in [0.1, 0.15) is 18.4 Å². The van der Waals surface area contributed by atoms with Crippen LogP contribution in [0.1, 0.15) is 12.0 Å². The van der Waals surface area contributed by atoms with Gasteiger partial charge in [0.15, 0.2) is 0 Å². The van der Waals surface area contributed by atoms with E-state index in [9.17, 15) is 18.3 Å². The zero-order chi connectivity index (χ0) is 29.8. The largest absolute Gasteiger partial charge is 0.493 e. The van der Waals surface area contributed by atoms with Gasteiger partial charge in [-0.25, -0.2) is 8.42 Å². The quantitative estimate of drug-likeness (QED) is 0.0683. The Balaban J connectivity index is 1.56. The lowest BCUT2D eigenvalue weighted by Crippen LogP contribution is -2.42. The van der Waals surface area contributed by atoms with Crippen LogP contribution in [-0.2, 0) is 26.1 Å². The number of sulfonamides is 1. The Bertz CT molecular complexity index is 1440. The maximum absolute atomic E-state index is 12.9. The fourth-order valence-electron chi connectivity index (χ4n) is 3.45. The van der Waals surface area contributed by atoms with Gasteiger partial charge < -0.3 is 31.0 Å². The molecule has 3 aromatic rings. The Morgan fingerprint density at radius 2 is 1.51 bits per heavy atom. The number of nitrogens with zero attached hydrogens (tertiary/aromatic N) is 4. The van der Waals surface area contributed by atoms with Crippen LogP contribution < -0.4 is 25.8 Å². The van der Waals surface area contributed by atoms with Crippen molar-refractivity contribution < 1.29 is 27.9 Å². The average Bonchev–Trinajstić information content (AvgIpc) is 2.94. The summed E-state index contributed by atoms with van der Waals surface area (Å²) in [5, 5.41) is 21.4. The lowest BCUT2D eigenvalue weighted by molar-refractivity contribution is -0.138. The van der Waals surface area contributed by atoms with Crippen LogP contribution in [-0.4, -0.2) is 58.8 Å². The summed E-state index contributed by atoms with van der Waals surface area (Å²) in [6.45, 7) is 0.621.